The average molecular weight is 320 g/mol. The largest absolute Gasteiger partial charge is 0.491 e. The zero-order valence-corrected chi connectivity index (χ0v) is 14.5. The molecule has 1 aliphatic heterocycles. The molecule has 0 saturated carbocycles. The minimum Gasteiger partial charge on any atom is -0.491 e. The molecule has 0 bridgehead atoms. The number of ether oxygens (including phenoxy) is 2. The maximum absolute atomic E-state index is 12.1. The fourth-order valence-corrected chi connectivity index (χ4v) is 2.39. The molecule has 1 amide bonds. The van der Waals surface area contributed by atoms with E-state index in [-0.39, 0.29) is 23.4 Å². The summed E-state index contributed by atoms with van der Waals surface area (Å²) in [5, 5.41) is 6.09. The van der Waals surface area contributed by atoms with E-state index in [2.05, 4.69) is 43.5 Å². The van der Waals surface area contributed by atoms with Gasteiger partial charge in [0.1, 0.15) is 18.4 Å². The zero-order chi connectivity index (χ0) is 16.9. The summed E-state index contributed by atoms with van der Waals surface area (Å²) in [6, 6.07) is 7.80. The van der Waals surface area contributed by atoms with E-state index in [1.165, 1.54) is 5.56 Å². The summed E-state index contributed by atoms with van der Waals surface area (Å²) < 4.78 is 11.1. The number of hydrogen-bond acceptors (Lipinski definition) is 4. The van der Waals surface area contributed by atoms with Crippen LogP contribution < -0.4 is 15.4 Å². The van der Waals surface area contributed by atoms with Crippen LogP contribution in [0.4, 0.5) is 0 Å². The van der Waals surface area contributed by atoms with E-state index >= 15 is 0 Å². The van der Waals surface area contributed by atoms with Crippen LogP contribution in [0.2, 0.25) is 0 Å². The molecular formula is C18H28N2O3. The Bertz CT molecular complexity index is 502. The van der Waals surface area contributed by atoms with Crippen LogP contribution in [-0.4, -0.2) is 44.4 Å². The molecule has 0 aliphatic carbocycles. The molecule has 23 heavy (non-hydrogen) atoms. The summed E-state index contributed by atoms with van der Waals surface area (Å²) in [4.78, 5) is 12.1. The maximum atomic E-state index is 12.1. The number of nitrogens with one attached hydrogen (secondary N) is 2. The molecule has 2 rings (SSSR count). The fraction of sp³-hybridized carbons (Fsp3) is 0.611. The van der Waals surface area contributed by atoms with Gasteiger partial charge in [-0.25, -0.2) is 0 Å². The minimum atomic E-state index is -0.266. The summed E-state index contributed by atoms with van der Waals surface area (Å²) in [7, 11) is 0. The molecule has 1 aromatic rings. The first kappa shape index (κ1) is 17.8. The molecule has 5 heteroatoms. The number of rotatable bonds is 5. The molecule has 128 valence electrons. The van der Waals surface area contributed by atoms with Gasteiger partial charge in [0.2, 0.25) is 5.91 Å². The summed E-state index contributed by atoms with van der Waals surface area (Å²) in [6.45, 7) is 10.7. The van der Waals surface area contributed by atoms with Crippen molar-refractivity contribution >= 4 is 5.91 Å². The van der Waals surface area contributed by atoms with Crippen molar-refractivity contribution in [3.8, 4) is 5.75 Å². The first-order valence-corrected chi connectivity index (χ1v) is 8.21. The molecule has 2 unspecified atom stereocenters. The van der Waals surface area contributed by atoms with Gasteiger partial charge in [-0.1, -0.05) is 32.9 Å². The Kier molecular flexibility index (Phi) is 6.02. The van der Waals surface area contributed by atoms with Gasteiger partial charge < -0.3 is 20.1 Å². The lowest BCUT2D eigenvalue weighted by molar-refractivity contribution is -0.126. The molecule has 5 nitrogen and oxygen atoms in total. The molecule has 0 aromatic heterocycles. The highest BCUT2D eigenvalue weighted by atomic mass is 16.5. The van der Waals surface area contributed by atoms with E-state index in [1.807, 2.05) is 19.1 Å². The van der Waals surface area contributed by atoms with E-state index in [0.29, 0.717) is 26.4 Å². The highest BCUT2D eigenvalue weighted by molar-refractivity contribution is 5.82. The number of carbonyl (C=O) groups excluding carboxylic acids is 1. The van der Waals surface area contributed by atoms with E-state index in [1.54, 1.807) is 0 Å². The SMILES string of the molecule is CC(COc1ccc(C(C)(C)C)cc1)NC(=O)C1COCCN1. The van der Waals surface area contributed by atoms with Crippen LogP contribution in [0.5, 0.6) is 5.75 Å². The van der Waals surface area contributed by atoms with Crippen molar-refractivity contribution < 1.29 is 14.3 Å². The van der Waals surface area contributed by atoms with Crippen LogP contribution >= 0.6 is 0 Å². The smallest absolute Gasteiger partial charge is 0.239 e. The molecule has 1 fully saturated rings. The van der Waals surface area contributed by atoms with Crippen LogP contribution in [0.1, 0.15) is 33.3 Å². The van der Waals surface area contributed by atoms with Crippen molar-refractivity contribution in [1.29, 1.82) is 0 Å². The number of benzene rings is 1. The topological polar surface area (TPSA) is 59.6 Å². The Morgan fingerprint density at radius 1 is 1.39 bits per heavy atom. The summed E-state index contributed by atoms with van der Waals surface area (Å²) in [6.07, 6.45) is 0. The predicted octanol–water partition coefficient (Wildman–Crippen LogP) is 1.86. The molecule has 2 atom stereocenters. The van der Waals surface area contributed by atoms with Crippen LogP contribution in [0.25, 0.3) is 0 Å². The molecule has 1 aromatic carbocycles. The molecule has 0 radical (unpaired) electrons. The van der Waals surface area contributed by atoms with Gasteiger partial charge in [-0.05, 0) is 30.0 Å². The second kappa shape index (κ2) is 7.79. The van der Waals surface area contributed by atoms with Crippen molar-refractivity contribution in [3.05, 3.63) is 29.8 Å². The van der Waals surface area contributed by atoms with Gasteiger partial charge >= 0.3 is 0 Å². The van der Waals surface area contributed by atoms with Gasteiger partial charge in [-0.2, -0.15) is 0 Å². The van der Waals surface area contributed by atoms with Crippen molar-refractivity contribution in [1.82, 2.24) is 10.6 Å². The van der Waals surface area contributed by atoms with E-state index < -0.39 is 0 Å². The standard InChI is InChI=1S/C18H28N2O3/c1-13(20-17(21)16-12-22-10-9-19-16)11-23-15-7-5-14(6-8-15)18(2,3)4/h5-8,13,16,19H,9-12H2,1-4H3,(H,20,21). The molecule has 1 saturated heterocycles. The Labute approximate surface area is 138 Å². The van der Waals surface area contributed by atoms with E-state index in [9.17, 15) is 4.79 Å². The number of hydrogen-bond donors (Lipinski definition) is 2. The Balaban J connectivity index is 1.77. The summed E-state index contributed by atoms with van der Waals surface area (Å²) in [5.41, 5.74) is 1.41. The van der Waals surface area contributed by atoms with Gasteiger partial charge in [-0.15, -0.1) is 0 Å². The quantitative estimate of drug-likeness (QED) is 0.869. The maximum Gasteiger partial charge on any atom is 0.239 e. The van der Waals surface area contributed by atoms with Crippen molar-refractivity contribution in [3.63, 3.8) is 0 Å². The molecule has 1 aliphatic rings. The van der Waals surface area contributed by atoms with Gasteiger partial charge in [0.05, 0.1) is 19.3 Å². The minimum absolute atomic E-state index is 0.0381. The van der Waals surface area contributed by atoms with Gasteiger partial charge in [0.25, 0.3) is 0 Å². The van der Waals surface area contributed by atoms with Gasteiger partial charge in [0, 0.05) is 6.54 Å². The van der Waals surface area contributed by atoms with Crippen LogP contribution in [0.15, 0.2) is 24.3 Å². The Morgan fingerprint density at radius 3 is 2.65 bits per heavy atom. The number of amides is 1. The Morgan fingerprint density at radius 2 is 2.09 bits per heavy atom. The van der Waals surface area contributed by atoms with E-state index in [0.717, 1.165) is 5.75 Å². The second-order valence-electron chi connectivity index (χ2n) is 7.08. The van der Waals surface area contributed by atoms with Crippen LogP contribution in [0, 0.1) is 0 Å². The highest BCUT2D eigenvalue weighted by Gasteiger charge is 2.22. The lowest BCUT2D eigenvalue weighted by Gasteiger charge is -2.25. The number of morpholine rings is 1. The zero-order valence-electron chi connectivity index (χ0n) is 14.5. The molecule has 0 spiro atoms. The lowest BCUT2D eigenvalue weighted by atomic mass is 9.87. The second-order valence-corrected chi connectivity index (χ2v) is 7.08. The third kappa shape index (κ3) is 5.52. The first-order chi connectivity index (χ1) is 10.9. The molecule has 2 N–H and O–H groups in total. The van der Waals surface area contributed by atoms with Crippen LogP contribution in [0.3, 0.4) is 0 Å². The van der Waals surface area contributed by atoms with E-state index in [4.69, 9.17) is 9.47 Å². The summed E-state index contributed by atoms with van der Waals surface area (Å²) in [5.74, 6) is 0.780. The fourth-order valence-electron chi connectivity index (χ4n) is 2.39. The predicted molar refractivity (Wildman–Crippen MR) is 90.9 cm³/mol. The van der Waals surface area contributed by atoms with Gasteiger partial charge in [0.15, 0.2) is 0 Å². The van der Waals surface area contributed by atoms with Gasteiger partial charge in [-0.3, -0.25) is 4.79 Å². The molecular weight excluding hydrogens is 292 g/mol. The van der Waals surface area contributed by atoms with Crippen molar-refractivity contribution in [2.24, 2.45) is 0 Å². The molecule has 1 heterocycles. The highest BCUT2D eigenvalue weighted by Crippen LogP contribution is 2.24. The number of carbonyl (C=O) groups is 1. The first-order valence-electron chi connectivity index (χ1n) is 8.21. The average Bonchev–Trinajstić information content (AvgIpc) is 2.53. The monoisotopic (exact) mass is 320 g/mol. The Hall–Kier alpha value is -1.59. The van der Waals surface area contributed by atoms with Crippen molar-refractivity contribution in [2.45, 2.75) is 45.2 Å². The third-order valence-corrected chi connectivity index (χ3v) is 3.85. The van der Waals surface area contributed by atoms with Crippen molar-refractivity contribution in [2.75, 3.05) is 26.4 Å². The normalized spacial score (nSPS) is 19.9. The van der Waals surface area contributed by atoms with Crippen LogP contribution in [-0.2, 0) is 14.9 Å². The lowest BCUT2D eigenvalue weighted by Crippen LogP contribution is -2.53. The third-order valence-electron chi connectivity index (χ3n) is 3.85. The summed E-state index contributed by atoms with van der Waals surface area (Å²) >= 11 is 0.